The van der Waals surface area contributed by atoms with Gasteiger partial charge in [0, 0.05) is 0 Å². The first kappa shape index (κ1) is 17.5. The molecule has 1 unspecified atom stereocenters. The summed E-state index contributed by atoms with van der Waals surface area (Å²) in [4.78, 5) is 23.9. The van der Waals surface area contributed by atoms with Crippen LogP contribution in [0.4, 0.5) is 0 Å². The molecule has 1 aliphatic rings. The summed E-state index contributed by atoms with van der Waals surface area (Å²) in [7, 11) is -4.63. The number of thioether (sulfide) groups is 1. The van der Waals surface area contributed by atoms with E-state index in [1.54, 1.807) is 6.07 Å². The molecule has 9 heteroatoms. The number of fused-ring (bicyclic) bond motifs is 1. The van der Waals surface area contributed by atoms with Crippen molar-refractivity contribution in [3.8, 4) is 0 Å². The van der Waals surface area contributed by atoms with Crippen LogP contribution in [-0.2, 0) is 19.7 Å². The number of rotatable bonds is 4. The highest BCUT2D eigenvalue weighted by Gasteiger charge is 2.44. The number of carbonyl (C=O) groups excluding carboxylic acids is 1. The second kappa shape index (κ2) is 6.51. The van der Waals surface area contributed by atoms with Crippen LogP contribution in [0.1, 0.15) is 5.56 Å². The second-order valence-corrected chi connectivity index (χ2v) is 8.28. The summed E-state index contributed by atoms with van der Waals surface area (Å²) in [5.74, 6) is -2.11. The van der Waals surface area contributed by atoms with E-state index in [1.165, 1.54) is 6.08 Å². The van der Waals surface area contributed by atoms with E-state index < -0.39 is 33.2 Å². The zero-order chi connectivity index (χ0) is 18.2. The van der Waals surface area contributed by atoms with Crippen LogP contribution < -0.4 is 0 Å². The predicted molar refractivity (Wildman–Crippen MR) is 94.2 cm³/mol. The Morgan fingerprint density at radius 1 is 1.20 bits per heavy atom. The van der Waals surface area contributed by atoms with Crippen molar-refractivity contribution >= 4 is 50.6 Å². The third-order valence-corrected chi connectivity index (χ3v) is 6.37. The van der Waals surface area contributed by atoms with Gasteiger partial charge in [-0.25, -0.2) is 0 Å². The molecule has 2 N–H and O–H groups in total. The van der Waals surface area contributed by atoms with Crippen LogP contribution >= 0.6 is 11.8 Å². The molecule has 0 spiro atoms. The quantitative estimate of drug-likeness (QED) is 0.617. The van der Waals surface area contributed by atoms with Crippen LogP contribution in [-0.4, -0.2) is 46.1 Å². The lowest BCUT2D eigenvalue weighted by Crippen LogP contribution is -2.40. The number of carbonyl (C=O) groups is 2. The first-order valence-electron chi connectivity index (χ1n) is 7.12. The lowest BCUT2D eigenvalue weighted by Gasteiger charge is -2.18. The number of hydrogen-bond donors (Lipinski definition) is 2. The van der Waals surface area contributed by atoms with E-state index in [1.807, 2.05) is 36.4 Å². The fourth-order valence-electron chi connectivity index (χ4n) is 2.52. The minimum absolute atomic E-state index is 0.0548. The highest BCUT2D eigenvalue weighted by molar-refractivity contribution is 8.15. The van der Waals surface area contributed by atoms with E-state index in [9.17, 15) is 22.6 Å². The second-order valence-electron chi connectivity index (χ2n) is 5.38. The average Bonchev–Trinajstić information content (AvgIpc) is 2.84. The Labute approximate surface area is 147 Å². The van der Waals surface area contributed by atoms with Crippen LogP contribution in [0.2, 0.25) is 0 Å². The molecule has 0 aliphatic carbocycles. The molecule has 1 heterocycles. The van der Waals surface area contributed by atoms with Gasteiger partial charge in [0.2, 0.25) is 4.71 Å². The van der Waals surface area contributed by atoms with Gasteiger partial charge in [-0.05, 0) is 28.5 Å². The highest BCUT2D eigenvalue weighted by Crippen LogP contribution is 2.38. The van der Waals surface area contributed by atoms with Crippen molar-refractivity contribution in [3.63, 3.8) is 0 Å². The summed E-state index contributed by atoms with van der Waals surface area (Å²) in [6, 6.07) is 13.1. The monoisotopic (exact) mass is 379 g/mol. The van der Waals surface area contributed by atoms with E-state index in [0.29, 0.717) is 22.2 Å². The number of benzene rings is 2. The Hall–Kier alpha value is -2.36. The predicted octanol–water partition coefficient (Wildman–Crippen LogP) is 2.01. The molecule has 25 heavy (non-hydrogen) atoms. The van der Waals surface area contributed by atoms with Gasteiger partial charge in [0.25, 0.3) is 16.0 Å². The zero-order valence-electron chi connectivity index (χ0n) is 12.7. The Bertz CT molecular complexity index is 999. The number of carboxylic acid groups (broad SMARTS) is 1. The SMILES string of the molecule is O=C(O)CN1C(=O)C(=Cc2ccc3ccccc3c2)SC1S(=O)(=O)O. The number of nitrogens with zero attached hydrogens (tertiary/aromatic N) is 1. The molecule has 1 amide bonds. The maximum Gasteiger partial charge on any atom is 0.323 e. The molecule has 1 atom stereocenters. The number of amides is 1. The molecule has 2 aromatic rings. The van der Waals surface area contributed by atoms with Crippen LogP contribution in [0.15, 0.2) is 47.4 Å². The van der Waals surface area contributed by atoms with Crippen molar-refractivity contribution in [2.24, 2.45) is 0 Å². The Kier molecular flexibility index (Phi) is 4.55. The standard InChI is InChI=1S/C16H13NO6S2/c18-14(19)9-17-15(20)13(24-16(17)25(21,22)23)8-10-5-6-11-3-1-2-4-12(11)7-10/h1-8,16H,9H2,(H,18,19)(H,21,22,23). The third kappa shape index (κ3) is 3.68. The van der Waals surface area contributed by atoms with Crippen molar-refractivity contribution in [1.82, 2.24) is 4.90 Å². The van der Waals surface area contributed by atoms with Gasteiger partial charge in [-0.3, -0.25) is 19.0 Å². The summed E-state index contributed by atoms with van der Waals surface area (Å²) < 4.78 is 30.5. The molecule has 2 aromatic carbocycles. The molecule has 1 saturated heterocycles. The normalized spacial score (nSPS) is 19.7. The summed E-state index contributed by atoms with van der Waals surface area (Å²) in [6.45, 7) is -0.814. The highest BCUT2D eigenvalue weighted by atomic mass is 32.3. The van der Waals surface area contributed by atoms with Crippen molar-refractivity contribution in [2.45, 2.75) is 4.71 Å². The lowest BCUT2D eigenvalue weighted by molar-refractivity contribution is -0.142. The number of carboxylic acids is 1. The topological polar surface area (TPSA) is 112 Å². The van der Waals surface area contributed by atoms with Crippen molar-refractivity contribution in [2.75, 3.05) is 6.54 Å². The van der Waals surface area contributed by atoms with Gasteiger partial charge in [0.1, 0.15) is 6.54 Å². The molecule has 0 saturated carbocycles. The number of aliphatic carboxylic acids is 1. The maximum atomic E-state index is 12.4. The Morgan fingerprint density at radius 3 is 2.52 bits per heavy atom. The molecular formula is C16H13NO6S2. The van der Waals surface area contributed by atoms with Gasteiger partial charge in [-0.15, -0.1) is 0 Å². The van der Waals surface area contributed by atoms with Crippen molar-refractivity contribution in [3.05, 3.63) is 52.9 Å². The van der Waals surface area contributed by atoms with Crippen molar-refractivity contribution in [1.29, 1.82) is 0 Å². The van der Waals surface area contributed by atoms with E-state index in [4.69, 9.17) is 5.11 Å². The van der Waals surface area contributed by atoms with Crippen LogP contribution in [0.25, 0.3) is 16.8 Å². The molecule has 0 bridgehead atoms. The minimum atomic E-state index is -4.63. The maximum absolute atomic E-state index is 12.4. The molecular weight excluding hydrogens is 366 g/mol. The molecule has 0 aromatic heterocycles. The van der Waals surface area contributed by atoms with E-state index >= 15 is 0 Å². The number of hydrogen-bond acceptors (Lipinski definition) is 5. The van der Waals surface area contributed by atoms with E-state index in [0.717, 1.165) is 10.8 Å². The van der Waals surface area contributed by atoms with Gasteiger partial charge in [0.15, 0.2) is 0 Å². The largest absolute Gasteiger partial charge is 0.480 e. The Balaban J connectivity index is 1.99. The summed E-state index contributed by atoms with van der Waals surface area (Å²) in [5.41, 5.74) is 0.667. The summed E-state index contributed by atoms with van der Waals surface area (Å²) in [6.07, 6.45) is 1.49. The van der Waals surface area contributed by atoms with Crippen LogP contribution in [0, 0.1) is 0 Å². The molecule has 1 aliphatic heterocycles. The van der Waals surface area contributed by atoms with E-state index in [2.05, 4.69) is 0 Å². The molecule has 1 fully saturated rings. The molecule has 3 rings (SSSR count). The van der Waals surface area contributed by atoms with Gasteiger partial charge < -0.3 is 5.11 Å². The van der Waals surface area contributed by atoms with E-state index in [-0.39, 0.29) is 4.91 Å². The first-order chi connectivity index (χ1) is 11.8. The molecule has 7 nitrogen and oxygen atoms in total. The smallest absolute Gasteiger partial charge is 0.323 e. The van der Waals surface area contributed by atoms with Gasteiger partial charge >= 0.3 is 5.97 Å². The molecule has 0 radical (unpaired) electrons. The summed E-state index contributed by atoms with van der Waals surface area (Å²) >= 11 is 0.612. The third-order valence-electron chi connectivity index (χ3n) is 3.59. The summed E-state index contributed by atoms with van der Waals surface area (Å²) in [5, 5.41) is 10.8. The average molecular weight is 379 g/mol. The van der Waals surface area contributed by atoms with Crippen molar-refractivity contribution < 1.29 is 27.7 Å². The first-order valence-corrected chi connectivity index (χ1v) is 9.50. The van der Waals surface area contributed by atoms with Crippen LogP contribution in [0.3, 0.4) is 0 Å². The fourth-order valence-corrected chi connectivity index (χ4v) is 4.74. The zero-order valence-corrected chi connectivity index (χ0v) is 14.3. The van der Waals surface area contributed by atoms with Gasteiger partial charge in [-0.2, -0.15) is 8.42 Å². The fraction of sp³-hybridized carbons (Fsp3) is 0.125. The molecule has 130 valence electrons. The minimum Gasteiger partial charge on any atom is -0.480 e. The van der Waals surface area contributed by atoms with Gasteiger partial charge in [-0.1, -0.05) is 48.2 Å². The van der Waals surface area contributed by atoms with Gasteiger partial charge in [0.05, 0.1) is 4.91 Å². The lowest BCUT2D eigenvalue weighted by atomic mass is 10.1. The Morgan fingerprint density at radius 2 is 1.88 bits per heavy atom. The van der Waals surface area contributed by atoms with Crippen LogP contribution in [0.5, 0.6) is 0 Å².